The molecule has 2 rings (SSSR count). The van der Waals surface area contributed by atoms with Gasteiger partial charge in [0.25, 0.3) is 0 Å². The molecule has 2 aromatic carbocycles. The molecule has 22 heavy (non-hydrogen) atoms. The predicted molar refractivity (Wildman–Crippen MR) is 96.5 cm³/mol. The van der Waals surface area contributed by atoms with Crippen LogP contribution in [0.5, 0.6) is 0 Å². The van der Waals surface area contributed by atoms with Crippen LogP contribution >= 0.6 is 0 Å². The van der Waals surface area contributed by atoms with Crippen molar-refractivity contribution in [2.75, 3.05) is 6.54 Å². The van der Waals surface area contributed by atoms with Gasteiger partial charge in [-0.3, -0.25) is 0 Å². The van der Waals surface area contributed by atoms with Crippen molar-refractivity contribution >= 4 is 0 Å². The molecule has 0 bridgehead atoms. The quantitative estimate of drug-likeness (QED) is 0.755. The molecule has 2 N–H and O–H groups in total. The van der Waals surface area contributed by atoms with E-state index in [1.165, 1.54) is 27.8 Å². The number of aryl methyl sites for hydroxylation is 1. The third-order valence-electron chi connectivity index (χ3n) is 4.72. The maximum Gasteiger partial charge on any atom is 0.0141 e. The second-order valence-corrected chi connectivity index (χ2v) is 6.17. The van der Waals surface area contributed by atoms with Crippen LogP contribution in [0.15, 0.2) is 55.1 Å². The van der Waals surface area contributed by atoms with Crippen LogP contribution < -0.4 is 5.73 Å². The van der Waals surface area contributed by atoms with E-state index in [1.807, 2.05) is 6.08 Å². The first-order valence-electron chi connectivity index (χ1n) is 8.05. The Balaban J connectivity index is 2.40. The maximum atomic E-state index is 5.94. The molecular weight excluding hydrogens is 266 g/mol. The lowest BCUT2D eigenvalue weighted by Crippen LogP contribution is -2.14. The summed E-state index contributed by atoms with van der Waals surface area (Å²) in [6, 6.07) is 15.2. The van der Waals surface area contributed by atoms with E-state index >= 15 is 0 Å². The molecule has 0 aliphatic carbocycles. The van der Waals surface area contributed by atoms with E-state index in [4.69, 9.17) is 5.73 Å². The second-order valence-electron chi connectivity index (χ2n) is 6.17. The molecule has 2 atom stereocenters. The summed E-state index contributed by atoms with van der Waals surface area (Å²) in [5, 5.41) is 0. The van der Waals surface area contributed by atoms with Gasteiger partial charge in [0, 0.05) is 12.5 Å². The summed E-state index contributed by atoms with van der Waals surface area (Å²) in [4.78, 5) is 0. The van der Waals surface area contributed by atoms with Gasteiger partial charge in [-0.15, -0.1) is 6.58 Å². The smallest absolute Gasteiger partial charge is 0.0141 e. The highest BCUT2D eigenvalue weighted by Gasteiger charge is 2.17. The van der Waals surface area contributed by atoms with Gasteiger partial charge in [0.15, 0.2) is 0 Å². The van der Waals surface area contributed by atoms with Gasteiger partial charge < -0.3 is 5.73 Å². The standard InChI is InChI=1S/C21H27N/c1-5-18(14-22)20-12-11-15(2)17(4)21(20)13-16(3)19-9-7-6-8-10-19/h5-12,16,18H,1,13-14,22H2,2-4H3. The Morgan fingerprint density at radius 2 is 1.77 bits per heavy atom. The number of hydrogen-bond donors (Lipinski definition) is 1. The summed E-state index contributed by atoms with van der Waals surface area (Å²) in [5.41, 5.74) is 12.8. The van der Waals surface area contributed by atoms with Gasteiger partial charge in [-0.25, -0.2) is 0 Å². The topological polar surface area (TPSA) is 26.0 Å². The summed E-state index contributed by atoms with van der Waals surface area (Å²) in [6.07, 6.45) is 3.01. The molecule has 0 saturated carbocycles. The van der Waals surface area contributed by atoms with Crippen molar-refractivity contribution in [2.24, 2.45) is 5.73 Å². The molecule has 0 fully saturated rings. The molecule has 0 aromatic heterocycles. The van der Waals surface area contributed by atoms with Crippen LogP contribution in [0.3, 0.4) is 0 Å². The van der Waals surface area contributed by atoms with Crippen LogP contribution in [0.1, 0.15) is 46.6 Å². The molecule has 116 valence electrons. The van der Waals surface area contributed by atoms with Crippen molar-refractivity contribution in [1.82, 2.24) is 0 Å². The van der Waals surface area contributed by atoms with Gasteiger partial charge in [-0.1, -0.05) is 55.5 Å². The number of rotatable bonds is 6. The Bertz CT molecular complexity index is 628. The molecule has 2 aromatic rings. The van der Waals surface area contributed by atoms with E-state index in [0.29, 0.717) is 12.5 Å². The largest absolute Gasteiger partial charge is 0.330 e. The second kappa shape index (κ2) is 7.42. The molecule has 1 nitrogen and oxygen atoms in total. The fraction of sp³-hybridized carbons (Fsp3) is 0.333. The molecule has 0 amide bonds. The van der Waals surface area contributed by atoms with Crippen LogP contribution in [-0.4, -0.2) is 6.54 Å². The van der Waals surface area contributed by atoms with Gasteiger partial charge in [-0.2, -0.15) is 0 Å². The summed E-state index contributed by atoms with van der Waals surface area (Å²) >= 11 is 0. The first-order valence-corrected chi connectivity index (χ1v) is 8.05. The van der Waals surface area contributed by atoms with Crippen molar-refractivity contribution in [3.63, 3.8) is 0 Å². The Hall–Kier alpha value is -1.86. The van der Waals surface area contributed by atoms with Crippen LogP contribution in [0.4, 0.5) is 0 Å². The lowest BCUT2D eigenvalue weighted by molar-refractivity contribution is 0.732. The summed E-state index contributed by atoms with van der Waals surface area (Å²) in [7, 11) is 0. The zero-order valence-electron chi connectivity index (χ0n) is 14.0. The number of benzene rings is 2. The maximum absolute atomic E-state index is 5.94. The zero-order valence-corrected chi connectivity index (χ0v) is 14.0. The minimum Gasteiger partial charge on any atom is -0.330 e. The van der Waals surface area contributed by atoms with Crippen molar-refractivity contribution in [1.29, 1.82) is 0 Å². The third-order valence-corrected chi connectivity index (χ3v) is 4.72. The van der Waals surface area contributed by atoms with Crippen LogP contribution in [-0.2, 0) is 6.42 Å². The molecule has 0 heterocycles. The van der Waals surface area contributed by atoms with Gasteiger partial charge >= 0.3 is 0 Å². The summed E-state index contributed by atoms with van der Waals surface area (Å²) in [5.74, 6) is 0.723. The van der Waals surface area contributed by atoms with E-state index in [0.717, 1.165) is 6.42 Å². The van der Waals surface area contributed by atoms with E-state index in [2.05, 4.69) is 69.8 Å². The highest BCUT2D eigenvalue weighted by atomic mass is 14.5. The minimum atomic E-state index is 0.234. The predicted octanol–water partition coefficient (Wildman–Crippen LogP) is 4.88. The molecule has 2 unspecified atom stereocenters. The van der Waals surface area contributed by atoms with E-state index < -0.39 is 0 Å². The van der Waals surface area contributed by atoms with Crippen molar-refractivity contribution in [3.05, 3.63) is 82.9 Å². The molecule has 0 saturated heterocycles. The van der Waals surface area contributed by atoms with Crippen LogP contribution in [0.2, 0.25) is 0 Å². The van der Waals surface area contributed by atoms with Crippen molar-refractivity contribution in [2.45, 2.75) is 39.0 Å². The highest BCUT2D eigenvalue weighted by molar-refractivity contribution is 5.44. The first-order chi connectivity index (χ1) is 10.6. The Labute approximate surface area is 134 Å². The first kappa shape index (κ1) is 16.5. The fourth-order valence-corrected chi connectivity index (χ4v) is 3.07. The van der Waals surface area contributed by atoms with Crippen LogP contribution in [0, 0.1) is 13.8 Å². The Morgan fingerprint density at radius 1 is 1.09 bits per heavy atom. The molecular formula is C21H27N. The Kier molecular flexibility index (Phi) is 5.57. The monoisotopic (exact) mass is 293 g/mol. The zero-order chi connectivity index (χ0) is 16.1. The lowest BCUT2D eigenvalue weighted by Gasteiger charge is -2.22. The molecule has 1 heteroatoms. The van der Waals surface area contributed by atoms with E-state index in [-0.39, 0.29) is 5.92 Å². The highest BCUT2D eigenvalue weighted by Crippen LogP contribution is 2.30. The third kappa shape index (κ3) is 3.48. The summed E-state index contributed by atoms with van der Waals surface area (Å²) in [6.45, 7) is 11.3. The van der Waals surface area contributed by atoms with Crippen LogP contribution in [0.25, 0.3) is 0 Å². The average Bonchev–Trinajstić information content (AvgIpc) is 2.55. The van der Waals surface area contributed by atoms with Gasteiger partial charge in [0.2, 0.25) is 0 Å². The van der Waals surface area contributed by atoms with E-state index in [9.17, 15) is 0 Å². The number of hydrogen-bond acceptors (Lipinski definition) is 1. The SMILES string of the molecule is C=CC(CN)c1ccc(C)c(C)c1CC(C)c1ccccc1. The molecule has 0 aliphatic heterocycles. The van der Waals surface area contributed by atoms with Crippen molar-refractivity contribution < 1.29 is 0 Å². The van der Waals surface area contributed by atoms with Gasteiger partial charge in [0.1, 0.15) is 0 Å². The lowest BCUT2D eigenvalue weighted by atomic mass is 9.83. The average molecular weight is 293 g/mol. The van der Waals surface area contributed by atoms with Gasteiger partial charge in [0.05, 0.1) is 0 Å². The molecule has 0 aliphatic rings. The van der Waals surface area contributed by atoms with Gasteiger partial charge in [-0.05, 0) is 54.0 Å². The fourth-order valence-electron chi connectivity index (χ4n) is 3.07. The molecule has 0 radical (unpaired) electrons. The minimum absolute atomic E-state index is 0.234. The summed E-state index contributed by atoms with van der Waals surface area (Å²) < 4.78 is 0. The van der Waals surface area contributed by atoms with Crippen molar-refractivity contribution in [3.8, 4) is 0 Å². The normalized spacial score (nSPS) is 13.6. The van der Waals surface area contributed by atoms with E-state index in [1.54, 1.807) is 0 Å². The number of nitrogens with two attached hydrogens (primary N) is 1. The Morgan fingerprint density at radius 3 is 2.36 bits per heavy atom. The molecule has 0 spiro atoms.